The molecule has 1 aliphatic rings. The predicted molar refractivity (Wildman–Crippen MR) is 110 cm³/mol. The van der Waals surface area contributed by atoms with Gasteiger partial charge in [-0.1, -0.05) is 24.3 Å². The summed E-state index contributed by atoms with van der Waals surface area (Å²) in [6.45, 7) is 3.71. The summed E-state index contributed by atoms with van der Waals surface area (Å²) in [5.74, 6) is -0.692. The summed E-state index contributed by atoms with van der Waals surface area (Å²) in [6, 6.07) is 14.4. The molecule has 3 rings (SSSR count). The molecular weight excluding hydrogens is 374 g/mol. The van der Waals surface area contributed by atoms with E-state index in [1.807, 2.05) is 38.1 Å². The van der Waals surface area contributed by atoms with Gasteiger partial charge in [0.15, 0.2) is 11.7 Å². The van der Waals surface area contributed by atoms with Crippen molar-refractivity contribution in [3.63, 3.8) is 0 Å². The number of carbonyl (C=O) groups is 2. The van der Waals surface area contributed by atoms with Crippen LogP contribution in [0.4, 0.5) is 5.69 Å². The van der Waals surface area contributed by atoms with Gasteiger partial charge in [0.1, 0.15) is 17.4 Å². The zero-order valence-corrected chi connectivity index (χ0v) is 16.2. The molecule has 2 amide bonds. The first-order valence-corrected chi connectivity index (χ1v) is 8.90. The topological polar surface area (TPSA) is 82.4 Å². The summed E-state index contributed by atoms with van der Waals surface area (Å²) in [7, 11) is 0. The van der Waals surface area contributed by atoms with E-state index in [0.29, 0.717) is 17.0 Å². The third-order valence-electron chi connectivity index (χ3n) is 4.08. The van der Waals surface area contributed by atoms with Crippen LogP contribution in [0.5, 0.6) is 5.75 Å². The first-order chi connectivity index (χ1) is 13.4. The van der Waals surface area contributed by atoms with Crippen molar-refractivity contribution in [1.82, 2.24) is 5.32 Å². The molecule has 1 saturated heterocycles. The number of para-hydroxylation sites is 1. The van der Waals surface area contributed by atoms with Crippen LogP contribution in [0.25, 0.3) is 6.08 Å². The van der Waals surface area contributed by atoms with E-state index in [9.17, 15) is 9.59 Å². The molecule has 140 valence electrons. The predicted octanol–water partition coefficient (Wildman–Crippen LogP) is 3.04. The molecule has 1 aliphatic heterocycles. The van der Waals surface area contributed by atoms with Crippen LogP contribution in [0.3, 0.4) is 0 Å². The number of amides is 2. The van der Waals surface area contributed by atoms with E-state index in [4.69, 9.17) is 22.2 Å². The molecule has 0 aliphatic carbocycles. The Labute approximate surface area is 168 Å². The van der Waals surface area contributed by atoms with E-state index in [2.05, 4.69) is 5.32 Å². The first kappa shape index (κ1) is 19.3. The smallest absolute Gasteiger partial charge is 0.270 e. The fourth-order valence-electron chi connectivity index (χ4n) is 2.97. The average molecular weight is 391 g/mol. The molecule has 28 heavy (non-hydrogen) atoms. The number of nitriles is 1. The van der Waals surface area contributed by atoms with Crippen molar-refractivity contribution >= 4 is 40.9 Å². The maximum absolute atomic E-state index is 13.1. The maximum Gasteiger partial charge on any atom is 0.270 e. The van der Waals surface area contributed by atoms with E-state index in [-0.39, 0.29) is 17.3 Å². The van der Waals surface area contributed by atoms with Gasteiger partial charge >= 0.3 is 0 Å². The van der Waals surface area contributed by atoms with Gasteiger partial charge in [-0.3, -0.25) is 19.8 Å². The lowest BCUT2D eigenvalue weighted by atomic mass is 10.0. The Kier molecular flexibility index (Phi) is 5.52. The van der Waals surface area contributed by atoms with Crippen molar-refractivity contribution in [2.45, 2.75) is 13.8 Å². The van der Waals surface area contributed by atoms with Crippen LogP contribution in [0, 0.1) is 25.2 Å². The maximum atomic E-state index is 13.1. The minimum Gasteiger partial charge on any atom is -0.478 e. The highest BCUT2D eigenvalue weighted by molar-refractivity contribution is 7.80. The second kappa shape index (κ2) is 8.03. The highest BCUT2D eigenvalue weighted by Gasteiger charge is 2.34. The highest BCUT2D eigenvalue weighted by atomic mass is 32.1. The third-order valence-corrected chi connectivity index (χ3v) is 4.36. The molecule has 1 fully saturated rings. The number of hydrogen-bond acceptors (Lipinski definition) is 5. The molecule has 0 atom stereocenters. The van der Waals surface area contributed by atoms with Crippen molar-refractivity contribution in [3.05, 3.63) is 64.7 Å². The quantitative estimate of drug-likeness (QED) is 0.492. The molecule has 0 radical (unpaired) electrons. The molecule has 2 aromatic rings. The number of anilines is 1. The van der Waals surface area contributed by atoms with Crippen LogP contribution in [0.1, 0.15) is 16.7 Å². The van der Waals surface area contributed by atoms with Gasteiger partial charge in [0.2, 0.25) is 0 Å². The van der Waals surface area contributed by atoms with Crippen LogP contribution in [-0.2, 0) is 9.59 Å². The standard InChI is InChI=1S/C21H17N3O3S/c1-13-9-14(2)11-16(10-13)24-20(26)17(19(25)23-21(24)28)12-15-5-3-4-6-18(15)27-8-7-22/h3-6,9-12H,8H2,1-2H3,(H,23,25,28)/b17-12+. The lowest BCUT2D eigenvalue weighted by Gasteiger charge is -2.29. The monoisotopic (exact) mass is 391 g/mol. The van der Waals surface area contributed by atoms with Crippen molar-refractivity contribution in [3.8, 4) is 11.8 Å². The molecule has 1 heterocycles. The summed E-state index contributed by atoms with van der Waals surface area (Å²) < 4.78 is 5.37. The molecular formula is C21H17N3O3S. The van der Waals surface area contributed by atoms with Gasteiger partial charge in [0.25, 0.3) is 11.8 Å². The summed E-state index contributed by atoms with van der Waals surface area (Å²) in [5.41, 5.74) is 2.99. The van der Waals surface area contributed by atoms with E-state index in [0.717, 1.165) is 11.1 Å². The van der Waals surface area contributed by atoms with Crippen molar-refractivity contribution in [2.24, 2.45) is 0 Å². The fourth-order valence-corrected chi connectivity index (χ4v) is 3.25. The summed E-state index contributed by atoms with van der Waals surface area (Å²) >= 11 is 5.24. The zero-order valence-electron chi connectivity index (χ0n) is 15.4. The van der Waals surface area contributed by atoms with Crippen molar-refractivity contribution in [1.29, 1.82) is 5.26 Å². The Bertz CT molecular complexity index is 1030. The first-order valence-electron chi connectivity index (χ1n) is 8.49. The molecule has 0 spiro atoms. The Morgan fingerprint density at radius 2 is 1.86 bits per heavy atom. The molecule has 7 heteroatoms. The number of nitrogens with zero attached hydrogens (tertiary/aromatic N) is 2. The number of ether oxygens (including phenoxy) is 1. The lowest BCUT2D eigenvalue weighted by molar-refractivity contribution is -0.122. The molecule has 0 unspecified atom stereocenters. The van der Waals surface area contributed by atoms with E-state index in [1.54, 1.807) is 24.3 Å². The van der Waals surface area contributed by atoms with Gasteiger partial charge < -0.3 is 4.74 Å². The van der Waals surface area contributed by atoms with Crippen LogP contribution in [-0.4, -0.2) is 23.5 Å². The normalized spacial score (nSPS) is 15.4. The lowest BCUT2D eigenvalue weighted by Crippen LogP contribution is -2.54. The Morgan fingerprint density at radius 3 is 2.54 bits per heavy atom. The van der Waals surface area contributed by atoms with Crippen LogP contribution in [0.2, 0.25) is 0 Å². The van der Waals surface area contributed by atoms with E-state index in [1.165, 1.54) is 11.0 Å². The van der Waals surface area contributed by atoms with Crippen LogP contribution >= 0.6 is 12.2 Å². The van der Waals surface area contributed by atoms with Crippen molar-refractivity contribution in [2.75, 3.05) is 11.5 Å². The Balaban J connectivity index is 2.04. The summed E-state index contributed by atoms with van der Waals surface area (Å²) in [5, 5.41) is 11.3. The zero-order chi connectivity index (χ0) is 20.3. The third kappa shape index (κ3) is 3.92. The number of nitrogens with one attached hydrogen (secondary N) is 1. The van der Waals surface area contributed by atoms with Gasteiger partial charge in [0.05, 0.1) is 5.69 Å². The number of benzene rings is 2. The van der Waals surface area contributed by atoms with E-state index < -0.39 is 11.8 Å². The van der Waals surface area contributed by atoms with Gasteiger partial charge in [-0.2, -0.15) is 5.26 Å². The number of rotatable bonds is 4. The molecule has 1 N–H and O–H groups in total. The Hall–Kier alpha value is -3.50. The summed E-state index contributed by atoms with van der Waals surface area (Å²) in [4.78, 5) is 26.9. The molecule has 0 aromatic heterocycles. The van der Waals surface area contributed by atoms with Gasteiger partial charge in [-0.05, 0) is 61.5 Å². The highest BCUT2D eigenvalue weighted by Crippen LogP contribution is 2.26. The second-order valence-corrected chi connectivity index (χ2v) is 6.68. The van der Waals surface area contributed by atoms with Gasteiger partial charge in [-0.25, -0.2) is 0 Å². The van der Waals surface area contributed by atoms with Gasteiger partial charge in [-0.15, -0.1) is 0 Å². The molecule has 0 bridgehead atoms. The number of thiocarbonyl (C=S) groups is 1. The molecule has 0 saturated carbocycles. The second-order valence-electron chi connectivity index (χ2n) is 6.29. The minimum absolute atomic E-state index is 0.0335. The average Bonchev–Trinajstić information content (AvgIpc) is 2.63. The van der Waals surface area contributed by atoms with Crippen molar-refractivity contribution < 1.29 is 14.3 Å². The fraction of sp³-hybridized carbons (Fsp3) is 0.143. The Morgan fingerprint density at radius 1 is 1.18 bits per heavy atom. The number of carbonyl (C=O) groups excluding carboxylic acids is 2. The van der Waals surface area contributed by atoms with Crippen LogP contribution < -0.4 is 15.0 Å². The molecule has 6 nitrogen and oxygen atoms in total. The SMILES string of the molecule is Cc1cc(C)cc(N2C(=O)/C(=C/c3ccccc3OCC#N)C(=O)NC2=S)c1. The number of hydrogen-bond donors (Lipinski definition) is 1. The largest absolute Gasteiger partial charge is 0.478 e. The summed E-state index contributed by atoms with van der Waals surface area (Å²) in [6.07, 6.45) is 1.45. The number of aryl methyl sites for hydroxylation is 2. The van der Waals surface area contributed by atoms with Gasteiger partial charge in [0, 0.05) is 5.56 Å². The van der Waals surface area contributed by atoms with E-state index >= 15 is 0 Å². The van der Waals surface area contributed by atoms with Crippen LogP contribution in [0.15, 0.2) is 48.0 Å². The molecule has 2 aromatic carbocycles. The minimum atomic E-state index is -0.578.